The second kappa shape index (κ2) is 6.33. The first-order valence-electron chi connectivity index (χ1n) is 8.60. The molecule has 0 bridgehead atoms. The molecule has 0 unspecified atom stereocenters. The normalized spacial score (nSPS) is 21.7. The number of amides is 1. The van der Waals surface area contributed by atoms with Crippen LogP contribution >= 0.6 is 11.6 Å². The zero-order valence-corrected chi connectivity index (χ0v) is 14.0. The van der Waals surface area contributed by atoms with E-state index in [4.69, 9.17) is 21.1 Å². The van der Waals surface area contributed by atoms with Crippen LogP contribution in [0.15, 0.2) is 12.1 Å². The Hall–Kier alpha value is -1.26. The first kappa shape index (κ1) is 15.3. The molecule has 5 heteroatoms. The van der Waals surface area contributed by atoms with Crippen LogP contribution < -0.4 is 4.74 Å². The maximum Gasteiger partial charge on any atom is 0.257 e. The summed E-state index contributed by atoms with van der Waals surface area (Å²) in [5.41, 5.74) is 1.66. The SMILES string of the molecule is O=C(c1cc(Cl)cc2c1OCC2)N1CCC(OC2CCC2)CC1. The lowest BCUT2D eigenvalue weighted by atomic mass is 9.95. The Morgan fingerprint density at radius 1 is 1.17 bits per heavy atom. The van der Waals surface area contributed by atoms with E-state index >= 15 is 0 Å². The Balaban J connectivity index is 1.42. The van der Waals surface area contributed by atoms with E-state index in [9.17, 15) is 4.79 Å². The highest BCUT2D eigenvalue weighted by Crippen LogP contribution is 2.34. The van der Waals surface area contributed by atoms with Crippen LogP contribution in [-0.2, 0) is 11.2 Å². The van der Waals surface area contributed by atoms with Crippen molar-refractivity contribution < 1.29 is 14.3 Å². The zero-order valence-electron chi connectivity index (χ0n) is 13.2. The molecule has 1 amide bonds. The Labute approximate surface area is 141 Å². The van der Waals surface area contributed by atoms with Crippen molar-refractivity contribution >= 4 is 17.5 Å². The second-order valence-electron chi connectivity index (χ2n) is 6.72. The molecule has 1 aromatic rings. The molecule has 0 aromatic heterocycles. The number of ether oxygens (including phenoxy) is 2. The molecule has 0 spiro atoms. The zero-order chi connectivity index (χ0) is 15.8. The van der Waals surface area contributed by atoms with E-state index in [1.807, 2.05) is 11.0 Å². The lowest BCUT2D eigenvalue weighted by Crippen LogP contribution is -2.42. The minimum atomic E-state index is 0.0349. The van der Waals surface area contributed by atoms with Crippen LogP contribution in [0.1, 0.15) is 48.0 Å². The summed E-state index contributed by atoms with van der Waals surface area (Å²) in [7, 11) is 0. The van der Waals surface area contributed by atoms with E-state index < -0.39 is 0 Å². The number of likely N-dealkylation sites (tertiary alicyclic amines) is 1. The highest BCUT2D eigenvalue weighted by molar-refractivity contribution is 6.31. The summed E-state index contributed by atoms with van der Waals surface area (Å²) in [5, 5.41) is 0.612. The Kier molecular flexibility index (Phi) is 4.20. The summed E-state index contributed by atoms with van der Waals surface area (Å²) in [6.07, 6.45) is 7.14. The molecule has 2 fully saturated rings. The number of piperidine rings is 1. The number of hydrogen-bond acceptors (Lipinski definition) is 3. The van der Waals surface area contributed by atoms with Gasteiger partial charge in [-0.3, -0.25) is 4.79 Å². The fraction of sp³-hybridized carbons (Fsp3) is 0.611. The molecule has 4 rings (SSSR count). The third-order valence-corrected chi connectivity index (χ3v) is 5.36. The average molecular weight is 336 g/mol. The molecule has 4 nitrogen and oxygen atoms in total. The van der Waals surface area contributed by atoms with Crippen molar-refractivity contribution in [2.75, 3.05) is 19.7 Å². The number of rotatable bonds is 3. The van der Waals surface area contributed by atoms with E-state index in [0.717, 1.165) is 43.7 Å². The maximum absolute atomic E-state index is 12.9. The minimum absolute atomic E-state index is 0.0349. The van der Waals surface area contributed by atoms with Gasteiger partial charge in [-0.2, -0.15) is 0 Å². The van der Waals surface area contributed by atoms with Gasteiger partial charge in [-0.25, -0.2) is 0 Å². The molecule has 1 saturated heterocycles. The van der Waals surface area contributed by atoms with Crippen LogP contribution in [0.3, 0.4) is 0 Å². The molecule has 3 aliphatic rings. The van der Waals surface area contributed by atoms with Gasteiger partial charge in [-0.1, -0.05) is 11.6 Å². The Bertz CT molecular complexity index is 607. The van der Waals surface area contributed by atoms with E-state index in [0.29, 0.717) is 29.4 Å². The van der Waals surface area contributed by atoms with Crippen molar-refractivity contribution in [1.29, 1.82) is 0 Å². The van der Waals surface area contributed by atoms with Crippen molar-refractivity contribution in [2.24, 2.45) is 0 Å². The second-order valence-corrected chi connectivity index (χ2v) is 7.16. The van der Waals surface area contributed by atoms with E-state index in [2.05, 4.69) is 0 Å². The van der Waals surface area contributed by atoms with E-state index in [1.165, 1.54) is 19.3 Å². The molecule has 0 atom stereocenters. The van der Waals surface area contributed by atoms with Crippen LogP contribution in [0, 0.1) is 0 Å². The van der Waals surface area contributed by atoms with Gasteiger partial charge < -0.3 is 14.4 Å². The third-order valence-electron chi connectivity index (χ3n) is 5.15. The van der Waals surface area contributed by atoms with Crippen molar-refractivity contribution in [1.82, 2.24) is 4.90 Å². The van der Waals surface area contributed by atoms with Crippen LogP contribution in [0.5, 0.6) is 5.75 Å². The van der Waals surface area contributed by atoms with Crippen LogP contribution in [0.2, 0.25) is 5.02 Å². The monoisotopic (exact) mass is 335 g/mol. The lowest BCUT2D eigenvalue weighted by molar-refractivity contribution is -0.0705. The van der Waals surface area contributed by atoms with Crippen LogP contribution in [-0.4, -0.2) is 42.7 Å². The topological polar surface area (TPSA) is 38.8 Å². The number of benzene rings is 1. The first-order valence-corrected chi connectivity index (χ1v) is 8.98. The fourth-order valence-electron chi connectivity index (χ4n) is 3.57. The molecular weight excluding hydrogens is 314 g/mol. The molecule has 1 aromatic carbocycles. The van der Waals surface area contributed by atoms with E-state index in [1.54, 1.807) is 6.07 Å². The molecule has 2 heterocycles. The summed E-state index contributed by atoms with van der Waals surface area (Å²) < 4.78 is 11.7. The lowest BCUT2D eigenvalue weighted by Gasteiger charge is -2.36. The van der Waals surface area contributed by atoms with Crippen molar-refractivity contribution in [3.63, 3.8) is 0 Å². The summed E-state index contributed by atoms with van der Waals surface area (Å²) in [6, 6.07) is 3.64. The number of halogens is 1. The molecule has 23 heavy (non-hydrogen) atoms. The van der Waals surface area contributed by atoms with Gasteiger partial charge in [0.15, 0.2) is 0 Å². The van der Waals surface area contributed by atoms with Gasteiger partial charge >= 0.3 is 0 Å². The number of hydrogen-bond donors (Lipinski definition) is 0. The maximum atomic E-state index is 12.9. The van der Waals surface area contributed by atoms with Crippen LogP contribution in [0.25, 0.3) is 0 Å². The van der Waals surface area contributed by atoms with Gasteiger partial charge in [-0.15, -0.1) is 0 Å². The summed E-state index contributed by atoms with van der Waals surface area (Å²) in [6.45, 7) is 2.13. The molecule has 1 aliphatic carbocycles. The van der Waals surface area contributed by atoms with Crippen molar-refractivity contribution in [3.8, 4) is 5.75 Å². The summed E-state index contributed by atoms with van der Waals surface area (Å²) in [5.74, 6) is 0.764. The Morgan fingerprint density at radius 2 is 1.91 bits per heavy atom. The first-order chi connectivity index (χ1) is 11.2. The number of nitrogens with zero attached hydrogens (tertiary/aromatic N) is 1. The largest absolute Gasteiger partial charge is 0.492 e. The predicted molar refractivity (Wildman–Crippen MR) is 88.3 cm³/mol. The van der Waals surface area contributed by atoms with Gasteiger partial charge in [0.2, 0.25) is 0 Å². The molecule has 0 radical (unpaired) electrons. The molecule has 2 aliphatic heterocycles. The number of carbonyl (C=O) groups excluding carboxylic acids is 1. The highest BCUT2D eigenvalue weighted by atomic mass is 35.5. The standard InChI is InChI=1S/C18H22ClNO3/c19-13-10-12-6-9-22-17(12)16(11-13)18(21)20-7-4-15(5-8-20)23-14-2-1-3-14/h10-11,14-15H,1-9H2. The smallest absolute Gasteiger partial charge is 0.257 e. The van der Waals surface area contributed by atoms with Gasteiger partial charge in [0.05, 0.1) is 24.4 Å². The molecular formula is C18H22ClNO3. The van der Waals surface area contributed by atoms with Gasteiger partial charge in [-0.05, 0) is 49.8 Å². The third kappa shape index (κ3) is 3.07. The summed E-state index contributed by atoms with van der Waals surface area (Å²) in [4.78, 5) is 14.8. The van der Waals surface area contributed by atoms with Gasteiger partial charge in [0, 0.05) is 24.5 Å². The predicted octanol–water partition coefficient (Wildman–Crippen LogP) is 3.45. The fourth-order valence-corrected chi connectivity index (χ4v) is 3.81. The highest BCUT2D eigenvalue weighted by Gasteiger charge is 2.30. The average Bonchev–Trinajstić information content (AvgIpc) is 2.98. The quantitative estimate of drug-likeness (QED) is 0.849. The minimum Gasteiger partial charge on any atom is -0.492 e. The van der Waals surface area contributed by atoms with Gasteiger partial charge in [0.25, 0.3) is 5.91 Å². The number of carbonyl (C=O) groups is 1. The summed E-state index contributed by atoms with van der Waals surface area (Å²) >= 11 is 6.17. The molecule has 124 valence electrons. The molecule has 0 N–H and O–H groups in total. The van der Waals surface area contributed by atoms with E-state index in [-0.39, 0.29) is 5.91 Å². The Morgan fingerprint density at radius 3 is 2.61 bits per heavy atom. The molecule has 1 saturated carbocycles. The van der Waals surface area contributed by atoms with Gasteiger partial charge in [0.1, 0.15) is 5.75 Å². The van der Waals surface area contributed by atoms with Crippen LogP contribution in [0.4, 0.5) is 0 Å². The number of fused-ring (bicyclic) bond motifs is 1. The van der Waals surface area contributed by atoms with Crippen molar-refractivity contribution in [3.05, 3.63) is 28.3 Å². The van der Waals surface area contributed by atoms with Crippen molar-refractivity contribution in [2.45, 2.75) is 50.7 Å².